The van der Waals surface area contributed by atoms with Crippen LogP contribution >= 0.6 is 11.6 Å². The number of halogens is 1. The van der Waals surface area contributed by atoms with Crippen molar-refractivity contribution >= 4 is 32.3 Å². The van der Waals surface area contributed by atoms with Gasteiger partial charge in [-0.1, -0.05) is 23.7 Å². The molecule has 1 N–H and O–H groups in total. The average Bonchev–Trinajstić information content (AvgIpc) is 2.79. The predicted molar refractivity (Wildman–Crippen MR) is 85.7 cm³/mol. The highest BCUT2D eigenvalue weighted by molar-refractivity contribution is 7.90. The molecule has 0 amide bonds. The molecular formula is C16H14ClNO2S. The minimum absolute atomic E-state index is 0.342. The summed E-state index contributed by atoms with van der Waals surface area (Å²) in [6.45, 7) is 0. The van der Waals surface area contributed by atoms with E-state index < -0.39 is 9.84 Å². The van der Waals surface area contributed by atoms with Crippen molar-refractivity contribution in [2.24, 2.45) is 0 Å². The molecule has 1 aromatic heterocycles. The van der Waals surface area contributed by atoms with Crippen LogP contribution in [0.1, 0.15) is 11.3 Å². The summed E-state index contributed by atoms with van der Waals surface area (Å²) in [6, 6.07) is 14.8. The SMILES string of the molecule is CS(=O)(=O)c1ccc(Cc2cc3cc(Cl)ccc3[nH]2)cc1. The zero-order chi connectivity index (χ0) is 15.0. The lowest BCUT2D eigenvalue weighted by molar-refractivity contribution is 0.602. The molecule has 21 heavy (non-hydrogen) atoms. The summed E-state index contributed by atoms with van der Waals surface area (Å²) in [6.07, 6.45) is 1.93. The highest BCUT2D eigenvalue weighted by Gasteiger charge is 2.07. The van der Waals surface area contributed by atoms with Gasteiger partial charge in [0.25, 0.3) is 0 Å². The zero-order valence-corrected chi connectivity index (χ0v) is 13.0. The number of hydrogen-bond donors (Lipinski definition) is 1. The number of sulfone groups is 1. The highest BCUT2D eigenvalue weighted by atomic mass is 35.5. The van der Waals surface area contributed by atoms with Crippen LogP contribution in [0.3, 0.4) is 0 Å². The first-order chi connectivity index (χ1) is 9.91. The van der Waals surface area contributed by atoms with E-state index in [0.717, 1.165) is 28.6 Å². The monoisotopic (exact) mass is 319 g/mol. The molecule has 0 aliphatic carbocycles. The molecule has 0 spiro atoms. The number of aromatic amines is 1. The second-order valence-corrected chi connectivity index (χ2v) is 7.57. The Morgan fingerprint density at radius 3 is 2.43 bits per heavy atom. The second kappa shape index (κ2) is 5.20. The van der Waals surface area contributed by atoms with Crippen LogP contribution < -0.4 is 0 Å². The molecule has 108 valence electrons. The molecule has 0 fully saturated rings. The molecule has 0 bridgehead atoms. The zero-order valence-electron chi connectivity index (χ0n) is 11.4. The summed E-state index contributed by atoms with van der Waals surface area (Å²) < 4.78 is 22.9. The van der Waals surface area contributed by atoms with Crippen molar-refractivity contribution in [3.63, 3.8) is 0 Å². The van der Waals surface area contributed by atoms with Gasteiger partial charge in [0.05, 0.1) is 4.90 Å². The van der Waals surface area contributed by atoms with Crippen molar-refractivity contribution in [1.29, 1.82) is 0 Å². The van der Waals surface area contributed by atoms with Gasteiger partial charge >= 0.3 is 0 Å². The van der Waals surface area contributed by atoms with Gasteiger partial charge in [-0.3, -0.25) is 0 Å². The molecule has 0 radical (unpaired) electrons. The van der Waals surface area contributed by atoms with Crippen molar-refractivity contribution in [3.8, 4) is 0 Å². The summed E-state index contributed by atoms with van der Waals surface area (Å²) in [5.74, 6) is 0. The van der Waals surface area contributed by atoms with E-state index in [0.29, 0.717) is 9.92 Å². The average molecular weight is 320 g/mol. The lowest BCUT2D eigenvalue weighted by Crippen LogP contribution is -1.97. The molecule has 1 heterocycles. The van der Waals surface area contributed by atoms with E-state index in [4.69, 9.17) is 11.6 Å². The van der Waals surface area contributed by atoms with E-state index >= 15 is 0 Å². The molecule has 2 aromatic carbocycles. The summed E-state index contributed by atoms with van der Waals surface area (Å²) in [4.78, 5) is 3.68. The molecule has 0 atom stereocenters. The Kier molecular flexibility index (Phi) is 3.51. The number of H-pyrrole nitrogens is 1. The first-order valence-corrected chi connectivity index (χ1v) is 8.75. The largest absolute Gasteiger partial charge is 0.358 e. The number of aromatic nitrogens is 1. The third-order valence-corrected chi connectivity index (χ3v) is 4.75. The van der Waals surface area contributed by atoms with Gasteiger partial charge in [-0.15, -0.1) is 0 Å². The molecule has 5 heteroatoms. The van der Waals surface area contributed by atoms with Crippen molar-refractivity contribution in [1.82, 2.24) is 4.98 Å². The van der Waals surface area contributed by atoms with Crippen LogP contribution in [-0.4, -0.2) is 19.7 Å². The molecule has 0 aliphatic rings. The normalized spacial score (nSPS) is 11.9. The minimum atomic E-state index is -3.14. The number of rotatable bonds is 3. The van der Waals surface area contributed by atoms with Gasteiger partial charge in [0, 0.05) is 34.3 Å². The van der Waals surface area contributed by atoms with Crippen LogP contribution in [0.25, 0.3) is 10.9 Å². The van der Waals surface area contributed by atoms with E-state index in [9.17, 15) is 8.42 Å². The first kappa shape index (κ1) is 14.2. The second-order valence-electron chi connectivity index (χ2n) is 5.12. The van der Waals surface area contributed by atoms with E-state index in [2.05, 4.69) is 11.1 Å². The van der Waals surface area contributed by atoms with Crippen LogP contribution in [0.15, 0.2) is 53.4 Å². The minimum Gasteiger partial charge on any atom is -0.358 e. The lowest BCUT2D eigenvalue weighted by atomic mass is 10.1. The Labute approximate surface area is 128 Å². The fourth-order valence-electron chi connectivity index (χ4n) is 2.33. The van der Waals surface area contributed by atoms with Gasteiger partial charge in [-0.2, -0.15) is 0 Å². The topological polar surface area (TPSA) is 49.9 Å². The third kappa shape index (κ3) is 3.12. The Morgan fingerprint density at radius 1 is 1.05 bits per heavy atom. The molecule has 3 rings (SSSR count). The summed E-state index contributed by atoms with van der Waals surface area (Å²) in [5, 5.41) is 1.79. The molecule has 0 unspecified atom stereocenters. The third-order valence-electron chi connectivity index (χ3n) is 3.38. The van der Waals surface area contributed by atoms with Crippen LogP contribution in [0, 0.1) is 0 Å². The quantitative estimate of drug-likeness (QED) is 0.798. The Morgan fingerprint density at radius 2 is 1.76 bits per heavy atom. The van der Waals surface area contributed by atoms with E-state index in [1.165, 1.54) is 6.26 Å². The van der Waals surface area contributed by atoms with Crippen LogP contribution in [-0.2, 0) is 16.3 Å². The van der Waals surface area contributed by atoms with Gasteiger partial charge in [-0.25, -0.2) is 8.42 Å². The van der Waals surface area contributed by atoms with Crippen molar-refractivity contribution in [2.45, 2.75) is 11.3 Å². The van der Waals surface area contributed by atoms with E-state index in [1.54, 1.807) is 12.1 Å². The number of fused-ring (bicyclic) bond motifs is 1. The molecular weight excluding hydrogens is 306 g/mol. The van der Waals surface area contributed by atoms with Gasteiger partial charge in [-0.05, 0) is 42.0 Å². The van der Waals surface area contributed by atoms with Gasteiger partial charge in [0.1, 0.15) is 0 Å². The van der Waals surface area contributed by atoms with Gasteiger partial charge in [0.2, 0.25) is 0 Å². The molecule has 0 saturated carbocycles. The number of nitrogens with one attached hydrogen (secondary N) is 1. The summed E-state index contributed by atoms with van der Waals surface area (Å²) in [5.41, 5.74) is 3.17. The Bertz CT molecular complexity index is 896. The molecule has 3 aromatic rings. The fourth-order valence-corrected chi connectivity index (χ4v) is 3.14. The van der Waals surface area contributed by atoms with Crippen LogP contribution in [0.4, 0.5) is 0 Å². The summed E-state index contributed by atoms with van der Waals surface area (Å²) >= 11 is 5.98. The Balaban J connectivity index is 1.88. The van der Waals surface area contributed by atoms with Gasteiger partial charge < -0.3 is 4.98 Å². The summed E-state index contributed by atoms with van der Waals surface area (Å²) in [7, 11) is -3.14. The maximum Gasteiger partial charge on any atom is 0.175 e. The number of benzene rings is 2. The first-order valence-electron chi connectivity index (χ1n) is 6.48. The number of hydrogen-bond acceptors (Lipinski definition) is 2. The van der Waals surface area contributed by atoms with Crippen molar-refractivity contribution in [2.75, 3.05) is 6.26 Å². The van der Waals surface area contributed by atoms with Crippen molar-refractivity contribution < 1.29 is 8.42 Å². The Hall–Kier alpha value is -1.78. The maximum absolute atomic E-state index is 11.4. The predicted octanol–water partition coefficient (Wildman–Crippen LogP) is 3.82. The maximum atomic E-state index is 11.4. The van der Waals surface area contributed by atoms with Crippen LogP contribution in [0.2, 0.25) is 5.02 Å². The smallest absolute Gasteiger partial charge is 0.175 e. The van der Waals surface area contributed by atoms with E-state index in [-0.39, 0.29) is 0 Å². The van der Waals surface area contributed by atoms with E-state index in [1.807, 2.05) is 30.3 Å². The van der Waals surface area contributed by atoms with Gasteiger partial charge in [0.15, 0.2) is 9.84 Å². The van der Waals surface area contributed by atoms with Crippen LogP contribution in [0.5, 0.6) is 0 Å². The standard InChI is InChI=1S/C16H14ClNO2S/c1-21(19,20)15-5-2-11(3-6-15)8-14-10-12-9-13(17)4-7-16(12)18-14/h2-7,9-10,18H,8H2,1H3. The highest BCUT2D eigenvalue weighted by Crippen LogP contribution is 2.22. The fraction of sp³-hybridized carbons (Fsp3) is 0.125. The lowest BCUT2D eigenvalue weighted by Gasteiger charge is -2.01. The molecule has 0 aliphatic heterocycles. The van der Waals surface area contributed by atoms with Crippen molar-refractivity contribution in [3.05, 3.63) is 64.8 Å². The molecule has 0 saturated heterocycles. The molecule has 3 nitrogen and oxygen atoms in total.